The Balaban J connectivity index is 2.38. The maximum Gasteiger partial charge on any atom is 0.343 e. The van der Waals surface area contributed by atoms with Crippen LogP contribution in [0.15, 0.2) is 17.3 Å². The van der Waals surface area contributed by atoms with Crippen molar-refractivity contribution in [1.82, 2.24) is 4.90 Å². The standard InChI is InChI=1S/C14H10F3N5O4/c1-26-14(25)8-9(15)10(16)13(20-21-18)11(17)12(8)19-4-5-22-6(23)2-3-7(22)24/h2-3,19H,4-5H2,1H3. The Labute approximate surface area is 143 Å². The normalized spacial score (nSPS) is 13.0. The zero-order chi connectivity index (χ0) is 19.4. The molecule has 9 nitrogen and oxygen atoms in total. The first-order valence-electron chi connectivity index (χ1n) is 6.94. The maximum atomic E-state index is 14.4. The van der Waals surface area contributed by atoms with E-state index in [0.29, 0.717) is 0 Å². The van der Waals surface area contributed by atoms with Gasteiger partial charge in [-0.05, 0) is 5.53 Å². The van der Waals surface area contributed by atoms with E-state index in [4.69, 9.17) is 5.53 Å². The van der Waals surface area contributed by atoms with Gasteiger partial charge in [0.1, 0.15) is 11.3 Å². The van der Waals surface area contributed by atoms with Gasteiger partial charge in [0.25, 0.3) is 11.8 Å². The van der Waals surface area contributed by atoms with Crippen LogP contribution < -0.4 is 5.32 Å². The number of nitrogens with zero attached hydrogens (tertiary/aromatic N) is 4. The molecular weight excluding hydrogens is 359 g/mol. The zero-order valence-electron chi connectivity index (χ0n) is 13.1. The minimum Gasteiger partial charge on any atom is -0.465 e. The van der Waals surface area contributed by atoms with Crippen LogP contribution in [0.4, 0.5) is 24.5 Å². The Hall–Kier alpha value is -3.53. The van der Waals surface area contributed by atoms with Crippen LogP contribution in [-0.2, 0) is 14.3 Å². The molecule has 0 fully saturated rings. The number of ether oxygens (including phenoxy) is 1. The van der Waals surface area contributed by atoms with Crippen molar-refractivity contribution in [3.8, 4) is 0 Å². The monoisotopic (exact) mass is 369 g/mol. The van der Waals surface area contributed by atoms with Gasteiger partial charge in [-0.1, -0.05) is 5.11 Å². The van der Waals surface area contributed by atoms with Crippen molar-refractivity contribution in [2.75, 3.05) is 25.5 Å². The molecule has 0 saturated heterocycles. The van der Waals surface area contributed by atoms with E-state index in [0.717, 1.165) is 24.2 Å². The molecule has 0 spiro atoms. The molecule has 12 heteroatoms. The van der Waals surface area contributed by atoms with E-state index in [2.05, 4.69) is 20.1 Å². The lowest BCUT2D eigenvalue weighted by atomic mass is 10.1. The third-order valence-corrected chi connectivity index (χ3v) is 3.37. The van der Waals surface area contributed by atoms with Crippen molar-refractivity contribution in [2.45, 2.75) is 0 Å². The third-order valence-electron chi connectivity index (χ3n) is 3.37. The number of amides is 2. The summed E-state index contributed by atoms with van der Waals surface area (Å²) in [5, 5.41) is 5.02. The van der Waals surface area contributed by atoms with Gasteiger partial charge in [0.2, 0.25) is 0 Å². The average Bonchev–Trinajstić information content (AvgIpc) is 2.94. The smallest absolute Gasteiger partial charge is 0.343 e. The van der Waals surface area contributed by atoms with Crippen molar-refractivity contribution in [1.29, 1.82) is 0 Å². The van der Waals surface area contributed by atoms with E-state index in [-0.39, 0.29) is 13.1 Å². The highest BCUT2D eigenvalue weighted by atomic mass is 19.2. The Morgan fingerprint density at radius 1 is 1.23 bits per heavy atom. The molecular formula is C14H10F3N5O4. The number of rotatable bonds is 6. The highest BCUT2D eigenvalue weighted by Gasteiger charge is 2.29. The molecule has 1 aliphatic heterocycles. The molecule has 136 valence electrons. The van der Waals surface area contributed by atoms with Crippen LogP contribution in [-0.4, -0.2) is 42.9 Å². The van der Waals surface area contributed by atoms with E-state index >= 15 is 0 Å². The molecule has 1 aromatic rings. The van der Waals surface area contributed by atoms with Gasteiger partial charge < -0.3 is 10.1 Å². The van der Waals surface area contributed by atoms with Crippen molar-refractivity contribution in [3.05, 3.63) is 45.6 Å². The molecule has 0 saturated carbocycles. The van der Waals surface area contributed by atoms with Gasteiger partial charge >= 0.3 is 5.97 Å². The highest BCUT2D eigenvalue weighted by molar-refractivity contribution is 6.12. The third kappa shape index (κ3) is 3.30. The molecule has 26 heavy (non-hydrogen) atoms. The number of hydrogen-bond donors (Lipinski definition) is 1. The lowest BCUT2D eigenvalue weighted by molar-refractivity contribution is -0.136. The summed E-state index contributed by atoms with van der Waals surface area (Å²) in [7, 11) is 0.871. The van der Waals surface area contributed by atoms with E-state index in [1.165, 1.54) is 0 Å². The van der Waals surface area contributed by atoms with Crippen molar-refractivity contribution < 1.29 is 32.3 Å². The van der Waals surface area contributed by atoms with Crippen LogP contribution in [0.5, 0.6) is 0 Å². The summed E-state index contributed by atoms with van der Waals surface area (Å²) in [6.45, 7) is -0.554. The number of methoxy groups -OCH3 is 1. The maximum absolute atomic E-state index is 14.4. The van der Waals surface area contributed by atoms with Gasteiger partial charge in [-0.25, -0.2) is 18.0 Å². The molecule has 1 heterocycles. The minimum atomic E-state index is -1.86. The molecule has 1 aromatic carbocycles. The first-order valence-corrected chi connectivity index (χ1v) is 6.94. The van der Waals surface area contributed by atoms with Crippen LogP contribution in [0.3, 0.4) is 0 Å². The second-order valence-corrected chi connectivity index (χ2v) is 4.81. The van der Waals surface area contributed by atoms with E-state index in [1.807, 2.05) is 0 Å². The molecule has 0 atom stereocenters. The Bertz CT molecular complexity index is 862. The quantitative estimate of drug-likeness (QED) is 0.205. The van der Waals surface area contributed by atoms with Gasteiger partial charge in [-0.2, -0.15) is 0 Å². The summed E-state index contributed by atoms with van der Waals surface area (Å²) in [6, 6.07) is 0. The molecule has 0 bridgehead atoms. The van der Waals surface area contributed by atoms with E-state index in [1.54, 1.807) is 0 Å². The fourth-order valence-corrected chi connectivity index (χ4v) is 2.18. The van der Waals surface area contributed by atoms with Crippen molar-refractivity contribution in [2.24, 2.45) is 5.11 Å². The minimum absolute atomic E-state index is 0.249. The fraction of sp³-hybridized carbons (Fsp3) is 0.214. The molecule has 0 unspecified atom stereocenters. The summed E-state index contributed by atoms with van der Waals surface area (Å²) in [6.07, 6.45) is 2.06. The summed E-state index contributed by atoms with van der Waals surface area (Å²) >= 11 is 0. The van der Waals surface area contributed by atoms with Crippen molar-refractivity contribution >= 4 is 29.2 Å². The van der Waals surface area contributed by atoms with Gasteiger partial charge in [0, 0.05) is 30.2 Å². The van der Waals surface area contributed by atoms with Gasteiger partial charge in [-0.15, -0.1) is 0 Å². The first-order chi connectivity index (χ1) is 12.3. The SMILES string of the molecule is COC(=O)c1c(F)c(F)c(N=[N+]=[N-])c(F)c1NCCN1C(=O)C=CC1=O. The largest absolute Gasteiger partial charge is 0.465 e. The summed E-state index contributed by atoms with van der Waals surface area (Å²) in [4.78, 5) is 37.5. The van der Waals surface area contributed by atoms with E-state index < -0.39 is 52.2 Å². The fourth-order valence-electron chi connectivity index (χ4n) is 2.18. The van der Waals surface area contributed by atoms with Crippen molar-refractivity contribution in [3.63, 3.8) is 0 Å². The number of anilines is 1. The molecule has 2 amide bonds. The van der Waals surface area contributed by atoms with Crippen LogP contribution in [0.2, 0.25) is 0 Å². The summed E-state index contributed by atoms with van der Waals surface area (Å²) in [5.41, 5.74) is 5.16. The molecule has 1 aliphatic rings. The Morgan fingerprint density at radius 3 is 2.38 bits per heavy atom. The van der Waals surface area contributed by atoms with Gasteiger partial charge in [0.15, 0.2) is 17.5 Å². The topological polar surface area (TPSA) is 124 Å². The zero-order valence-corrected chi connectivity index (χ0v) is 13.1. The van der Waals surface area contributed by atoms with Crippen LogP contribution in [0.25, 0.3) is 10.4 Å². The summed E-state index contributed by atoms with van der Waals surface area (Å²) < 4.78 is 46.7. The van der Waals surface area contributed by atoms with Crippen LogP contribution >= 0.6 is 0 Å². The number of imide groups is 1. The molecule has 2 rings (SSSR count). The average molecular weight is 369 g/mol. The number of carbonyl (C=O) groups is 3. The number of hydrogen-bond acceptors (Lipinski definition) is 6. The molecule has 0 aliphatic carbocycles. The molecule has 0 radical (unpaired) electrons. The number of halogens is 3. The molecule has 1 N–H and O–H groups in total. The number of benzene rings is 1. The van der Waals surface area contributed by atoms with Crippen LogP contribution in [0, 0.1) is 17.5 Å². The van der Waals surface area contributed by atoms with Crippen LogP contribution in [0.1, 0.15) is 10.4 Å². The van der Waals surface area contributed by atoms with Gasteiger partial charge in [-0.3, -0.25) is 14.5 Å². The van der Waals surface area contributed by atoms with Gasteiger partial charge in [0.05, 0.1) is 12.8 Å². The lowest BCUT2D eigenvalue weighted by Crippen LogP contribution is -2.34. The second kappa shape index (κ2) is 7.57. The second-order valence-electron chi connectivity index (χ2n) is 4.81. The molecule has 0 aromatic heterocycles. The Morgan fingerprint density at radius 2 is 1.85 bits per heavy atom. The first kappa shape index (κ1) is 18.8. The summed E-state index contributed by atoms with van der Waals surface area (Å²) in [5.74, 6) is -7.76. The highest BCUT2D eigenvalue weighted by Crippen LogP contribution is 2.35. The predicted molar refractivity (Wildman–Crippen MR) is 80.8 cm³/mol. The Kier molecular flexibility index (Phi) is 5.48. The predicted octanol–water partition coefficient (Wildman–Crippen LogP) is 2.17. The number of esters is 1. The lowest BCUT2D eigenvalue weighted by Gasteiger charge is -2.17. The number of azide groups is 1. The number of nitrogens with one attached hydrogen (secondary N) is 1. The number of carbonyl (C=O) groups excluding carboxylic acids is 3. The van der Waals surface area contributed by atoms with E-state index in [9.17, 15) is 27.6 Å².